The molecule has 1 rings (SSSR count). The molecule has 1 aromatic carbocycles. The van der Waals surface area contributed by atoms with Gasteiger partial charge in [0.25, 0.3) is 0 Å². The number of halogens is 3. The second kappa shape index (κ2) is 9.38. The molecule has 0 aromatic heterocycles. The predicted octanol–water partition coefficient (Wildman–Crippen LogP) is 5.40. The van der Waals surface area contributed by atoms with Crippen molar-refractivity contribution in [2.24, 2.45) is 0 Å². The second-order valence-corrected chi connectivity index (χ2v) is 5.82. The Balaban J connectivity index is 2.63. The first-order valence-corrected chi connectivity index (χ1v) is 7.77. The molecule has 0 N–H and O–H groups in total. The van der Waals surface area contributed by atoms with Gasteiger partial charge in [0, 0.05) is 5.88 Å². The Hall–Kier alpha value is -0.570. The van der Waals surface area contributed by atoms with Crippen LogP contribution in [-0.2, 0) is 0 Å². The Labute approximate surface area is 135 Å². The molecule has 0 amide bonds. The highest BCUT2D eigenvalue weighted by atomic mass is 35.5. The summed E-state index contributed by atoms with van der Waals surface area (Å²) in [5.41, 5.74) is 2.10. The second-order valence-electron chi connectivity index (χ2n) is 4.44. The van der Waals surface area contributed by atoms with E-state index in [1.807, 2.05) is 26.0 Å². The maximum atomic E-state index is 5.80. The van der Waals surface area contributed by atoms with Crippen molar-refractivity contribution in [1.82, 2.24) is 0 Å². The van der Waals surface area contributed by atoms with Crippen molar-refractivity contribution >= 4 is 34.8 Å². The zero-order valence-corrected chi connectivity index (χ0v) is 14.0. The number of hydrogen-bond donors (Lipinski definition) is 0. The molecule has 5 heteroatoms. The lowest BCUT2D eigenvalue weighted by molar-refractivity contribution is 0.304. The van der Waals surface area contributed by atoms with E-state index in [-0.39, 0.29) is 4.49 Å². The molecule has 0 unspecified atom stereocenters. The predicted molar refractivity (Wildman–Crippen MR) is 86.6 cm³/mol. The molecule has 0 aliphatic heterocycles. The maximum Gasteiger partial charge on any atom is 0.125 e. The molecule has 0 radical (unpaired) electrons. The lowest BCUT2D eigenvalue weighted by Gasteiger charge is -2.14. The van der Waals surface area contributed by atoms with Crippen LogP contribution in [0.2, 0.25) is 0 Å². The van der Waals surface area contributed by atoms with Crippen LogP contribution in [-0.4, -0.2) is 19.1 Å². The van der Waals surface area contributed by atoms with E-state index in [2.05, 4.69) is 0 Å². The van der Waals surface area contributed by atoms with Crippen molar-refractivity contribution in [3.63, 3.8) is 0 Å². The van der Waals surface area contributed by atoms with E-state index in [1.54, 1.807) is 6.08 Å². The van der Waals surface area contributed by atoms with Gasteiger partial charge in [-0.05, 0) is 56.0 Å². The van der Waals surface area contributed by atoms with Crippen molar-refractivity contribution in [3.05, 3.63) is 33.8 Å². The fraction of sp³-hybridized carbons (Fsp3) is 0.467. The highest BCUT2D eigenvalue weighted by Gasteiger charge is 2.07. The van der Waals surface area contributed by atoms with Crippen molar-refractivity contribution in [3.8, 4) is 11.5 Å². The van der Waals surface area contributed by atoms with Crippen LogP contribution < -0.4 is 9.47 Å². The molecule has 0 aliphatic rings. The normalized spacial score (nSPS) is 10.2. The number of benzene rings is 1. The molecule has 112 valence electrons. The van der Waals surface area contributed by atoms with Gasteiger partial charge in [0.1, 0.15) is 22.6 Å². The van der Waals surface area contributed by atoms with Gasteiger partial charge >= 0.3 is 0 Å². The molecular formula is C15H19Cl3O2. The van der Waals surface area contributed by atoms with Crippen LogP contribution in [0.4, 0.5) is 0 Å². The van der Waals surface area contributed by atoms with Gasteiger partial charge in [-0.2, -0.15) is 0 Å². The van der Waals surface area contributed by atoms with E-state index in [0.29, 0.717) is 19.1 Å². The third kappa shape index (κ3) is 6.25. The largest absolute Gasteiger partial charge is 0.493 e. The van der Waals surface area contributed by atoms with Gasteiger partial charge in [0.15, 0.2) is 0 Å². The molecule has 0 fully saturated rings. The summed E-state index contributed by atoms with van der Waals surface area (Å²) >= 11 is 16.7. The highest BCUT2D eigenvalue weighted by molar-refractivity contribution is 6.55. The summed E-state index contributed by atoms with van der Waals surface area (Å²) in [6.07, 6.45) is 3.52. The van der Waals surface area contributed by atoms with Gasteiger partial charge in [0.2, 0.25) is 0 Å². The smallest absolute Gasteiger partial charge is 0.125 e. The highest BCUT2D eigenvalue weighted by Crippen LogP contribution is 2.28. The zero-order valence-electron chi connectivity index (χ0n) is 11.7. The first-order valence-electron chi connectivity index (χ1n) is 6.48. The molecule has 0 heterocycles. The van der Waals surface area contributed by atoms with Gasteiger partial charge in [-0.15, -0.1) is 11.6 Å². The minimum Gasteiger partial charge on any atom is -0.493 e. The third-order valence-electron chi connectivity index (χ3n) is 2.70. The van der Waals surface area contributed by atoms with Gasteiger partial charge in [-0.25, -0.2) is 0 Å². The van der Waals surface area contributed by atoms with Crippen molar-refractivity contribution < 1.29 is 9.47 Å². The van der Waals surface area contributed by atoms with Gasteiger partial charge in [-0.3, -0.25) is 0 Å². The number of aryl methyl sites for hydroxylation is 2. The van der Waals surface area contributed by atoms with E-state index in [0.717, 1.165) is 35.5 Å². The molecule has 0 saturated heterocycles. The molecule has 1 aromatic rings. The molecule has 20 heavy (non-hydrogen) atoms. The molecule has 2 nitrogen and oxygen atoms in total. The Morgan fingerprint density at radius 3 is 2.30 bits per heavy atom. The lowest BCUT2D eigenvalue weighted by Crippen LogP contribution is -2.02. The number of ether oxygens (including phenoxy) is 2. The van der Waals surface area contributed by atoms with Crippen LogP contribution in [0.25, 0.3) is 0 Å². The third-order valence-corrected chi connectivity index (χ3v) is 3.27. The summed E-state index contributed by atoms with van der Waals surface area (Å²) in [4.78, 5) is 0. The first-order chi connectivity index (χ1) is 9.54. The Kier molecular flexibility index (Phi) is 8.20. The number of unbranched alkanes of at least 4 members (excludes halogenated alkanes) is 1. The molecule has 0 bridgehead atoms. The van der Waals surface area contributed by atoms with E-state index in [1.165, 1.54) is 0 Å². The SMILES string of the molecule is Cc1cc(OCC=C(Cl)Cl)cc(C)c1OCCCCCl. The summed E-state index contributed by atoms with van der Waals surface area (Å²) in [5.74, 6) is 2.36. The van der Waals surface area contributed by atoms with Crippen LogP contribution in [0.3, 0.4) is 0 Å². The number of rotatable bonds is 8. The fourth-order valence-electron chi connectivity index (χ4n) is 1.79. The van der Waals surface area contributed by atoms with Crippen LogP contribution in [0.5, 0.6) is 11.5 Å². The van der Waals surface area contributed by atoms with Crippen LogP contribution in [0.15, 0.2) is 22.7 Å². The summed E-state index contributed by atoms with van der Waals surface area (Å²) < 4.78 is 11.6. The summed E-state index contributed by atoms with van der Waals surface area (Å²) in [6.45, 7) is 5.03. The maximum absolute atomic E-state index is 5.80. The summed E-state index contributed by atoms with van der Waals surface area (Å²) in [7, 11) is 0. The average Bonchev–Trinajstić information content (AvgIpc) is 2.36. The Morgan fingerprint density at radius 2 is 1.75 bits per heavy atom. The van der Waals surface area contributed by atoms with Gasteiger partial charge in [-0.1, -0.05) is 23.2 Å². The van der Waals surface area contributed by atoms with E-state index < -0.39 is 0 Å². The zero-order chi connectivity index (χ0) is 15.0. The van der Waals surface area contributed by atoms with Crippen LogP contribution in [0, 0.1) is 13.8 Å². The van der Waals surface area contributed by atoms with Crippen molar-refractivity contribution in [2.75, 3.05) is 19.1 Å². The minimum atomic E-state index is 0.206. The van der Waals surface area contributed by atoms with Crippen molar-refractivity contribution in [2.45, 2.75) is 26.7 Å². The number of alkyl halides is 1. The van der Waals surface area contributed by atoms with Crippen LogP contribution >= 0.6 is 34.8 Å². The fourth-order valence-corrected chi connectivity index (χ4v) is 2.11. The summed E-state index contributed by atoms with van der Waals surface area (Å²) in [5, 5.41) is 0. The molecule has 0 spiro atoms. The number of hydrogen-bond acceptors (Lipinski definition) is 2. The topological polar surface area (TPSA) is 18.5 Å². The summed E-state index contributed by atoms with van der Waals surface area (Å²) in [6, 6.07) is 3.89. The minimum absolute atomic E-state index is 0.206. The molecule has 0 aliphatic carbocycles. The standard InChI is InChI=1S/C15H19Cl3O2/c1-11-9-13(19-8-5-14(17)18)10-12(2)15(11)20-7-4-3-6-16/h5,9-10H,3-4,6-8H2,1-2H3. The molecular weight excluding hydrogens is 319 g/mol. The van der Waals surface area contributed by atoms with Gasteiger partial charge in [0.05, 0.1) is 6.61 Å². The van der Waals surface area contributed by atoms with E-state index >= 15 is 0 Å². The monoisotopic (exact) mass is 336 g/mol. The average molecular weight is 338 g/mol. The Morgan fingerprint density at radius 1 is 1.10 bits per heavy atom. The van der Waals surface area contributed by atoms with E-state index in [9.17, 15) is 0 Å². The lowest BCUT2D eigenvalue weighted by atomic mass is 10.1. The molecule has 0 atom stereocenters. The molecule has 0 saturated carbocycles. The first kappa shape index (κ1) is 17.5. The van der Waals surface area contributed by atoms with Crippen LogP contribution in [0.1, 0.15) is 24.0 Å². The van der Waals surface area contributed by atoms with Gasteiger partial charge < -0.3 is 9.47 Å². The Bertz CT molecular complexity index is 431. The van der Waals surface area contributed by atoms with Crippen molar-refractivity contribution in [1.29, 1.82) is 0 Å². The van der Waals surface area contributed by atoms with E-state index in [4.69, 9.17) is 44.3 Å². The quantitative estimate of drug-likeness (QED) is 0.467.